The molecule has 2 aromatic rings. The molecule has 0 amide bonds. The van der Waals surface area contributed by atoms with E-state index in [1.165, 1.54) is 12.1 Å². The van der Waals surface area contributed by atoms with Gasteiger partial charge in [-0.2, -0.15) is 0 Å². The minimum absolute atomic E-state index is 0.253. The maximum Gasteiger partial charge on any atom is 0.136 e. The van der Waals surface area contributed by atoms with Crippen molar-refractivity contribution < 1.29 is 4.39 Å². The van der Waals surface area contributed by atoms with Crippen molar-refractivity contribution in [1.82, 2.24) is 9.97 Å². The first-order chi connectivity index (χ1) is 9.04. The molecule has 1 heterocycles. The number of rotatable bonds is 2. The summed E-state index contributed by atoms with van der Waals surface area (Å²) < 4.78 is 13.5. The first-order valence-corrected chi connectivity index (χ1v) is 6.74. The molecule has 4 heteroatoms. The van der Waals surface area contributed by atoms with Crippen LogP contribution in [0.4, 0.5) is 4.39 Å². The molecule has 1 aromatic carbocycles. The Morgan fingerprint density at radius 1 is 1.16 bits per heavy atom. The maximum atomic E-state index is 13.5. The van der Waals surface area contributed by atoms with Crippen LogP contribution in [0.25, 0.3) is 11.3 Å². The molecule has 3 rings (SSSR count). The van der Waals surface area contributed by atoms with Gasteiger partial charge in [-0.1, -0.05) is 11.6 Å². The molecule has 0 unspecified atom stereocenters. The number of halogens is 2. The summed E-state index contributed by atoms with van der Waals surface area (Å²) in [5.41, 5.74) is 3.18. The Bertz CT molecular complexity index is 631. The summed E-state index contributed by atoms with van der Waals surface area (Å²) in [7, 11) is 0. The molecule has 19 heavy (non-hydrogen) atoms. The van der Waals surface area contributed by atoms with Gasteiger partial charge in [-0.05, 0) is 50.5 Å². The zero-order chi connectivity index (χ0) is 13.6. The van der Waals surface area contributed by atoms with Crippen molar-refractivity contribution in [3.05, 3.63) is 46.1 Å². The Kier molecular flexibility index (Phi) is 3.02. The van der Waals surface area contributed by atoms with Crippen LogP contribution in [0.1, 0.15) is 35.7 Å². The van der Waals surface area contributed by atoms with Crippen molar-refractivity contribution in [3.8, 4) is 11.3 Å². The fourth-order valence-corrected chi connectivity index (χ4v) is 2.36. The molecule has 0 saturated heterocycles. The van der Waals surface area contributed by atoms with Crippen LogP contribution in [0.3, 0.4) is 0 Å². The highest BCUT2D eigenvalue weighted by Crippen LogP contribution is 2.40. The van der Waals surface area contributed by atoms with Gasteiger partial charge >= 0.3 is 0 Å². The van der Waals surface area contributed by atoms with E-state index in [2.05, 4.69) is 9.97 Å². The molecule has 0 spiro atoms. The van der Waals surface area contributed by atoms with Crippen molar-refractivity contribution in [2.24, 2.45) is 0 Å². The zero-order valence-electron chi connectivity index (χ0n) is 10.9. The molecule has 0 N–H and O–H groups in total. The predicted octanol–water partition coefficient (Wildman–Crippen LogP) is 4.43. The Morgan fingerprint density at radius 2 is 1.89 bits per heavy atom. The second-order valence-electron chi connectivity index (χ2n) is 5.14. The molecule has 98 valence electrons. The van der Waals surface area contributed by atoms with Gasteiger partial charge in [0, 0.05) is 17.0 Å². The van der Waals surface area contributed by atoms with Crippen molar-refractivity contribution in [1.29, 1.82) is 0 Å². The fraction of sp³-hybridized carbons (Fsp3) is 0.333. The number of hydrogen-bond donors (Lipinski definition) is 0. The molecular formula is C15H14ClFN2. The smallest absolute Gasteiger partial charge is 0.136 e. The molecule has 1 fully saturated rings. The van der Waals surface area contributed by atoms with Gasteiger partial charge in [0.2, 0.25) is 0 Å². The van der Waals surface area contributed by atoms with E-state index in [0.29, 0.717) is 11.1 Å². The van der Waals surface area contributed by atoms with Crippen molar-refractivity contribution in [3.63, 3.8) is 0 Å². The summed E-state index contributed by atoms with van der Waals surface area (Å²) in [5, 5.41) is 0.466. The summed E-state index contributed by atoms with van der Waals surface area (Å²) in [6.45, 7) is 3.74. The van der Waals surface area contributed by atoms with E-state index in [9.17, 15) is 4.39 Å². The van der Waals surface area contributed by atoms with Gasteiger partial charge in [-0.3, -0.25) is 0 Å². The molecule has 1 aliphatic rings. The quantitative estimate of drug-likeness (QED) is 0.758. The van der Waals surface area contributed by atoms with E-state index in [4.69, 9.17) is 11.6 Å². The van der Waals surface area contributed by atoms with E-state index in [1.807, 2.05) is 19.9 Å². The average Bonchev–Trinajstić information content (AvgIpc) is 3.15. The summed E-state index contributed by atoms with van der Waals surface area (Å²) in [4.78, 5) is 8.91. The zero-order valence-corrected chi connectivity index (χ0v) is 11.6. The largest absolute Gasteiger partial charge is 0.232 e. The van der Waals surface area contributed by atoms with E-state index in [0.717, 1.165) is 41.1 Å². The third kappa shape index (κ3) is 2.47. The van der Waals surface area contributed by atoms with Gasteiger partial charge in [-0.25, -0.2) is 14.4 Å². The van der Waals surface area contributed by atoms with Crippen LogP contribution in [0, 0.1) is 19.7 Å². The maximum absolute atomic E-state index is 13.5. The Labute approximate surface area is 116 Å². The summed E-state index contributed by atoms with van der Waals surface area (Å²) >= 11 is 6.18. The molecule has 0 bridgehead atoms. The van der Waals surface area contributed by atoms with Crippen LogP contribution >= 0.6 is 11.6 Å². The Balaban J connectivity index is 2.17. The van der Waals surface area contributed by atoms with E-state index < -0.39 is 0 Å². The fourth-order valence-electron chi connectivity index (χ4n) is 2.18. The van der Waals surface area contributed by atoms with E-state index >= 15 is 0 Å². The summed E-state index contributed by atoms with van der Waals surface area (Å²) in [6, 6.07) is 4.92. The van der Waals surface area contributed by atoms with Crippen LogP contribution in [0.5, 0.6) is 0 Å². The summed E-state index contributed by atoms with van der Waals surface area (Å²) in [6.07, 6.45) is 2.22. The summed E-state index contributed by atoms with van der Waals surface area (Å²) in [5.74, 6) is 0.955. The number of aryl methyl sites for hydroxylation is 1. The van der Waals surface area contributed by atoms with Crippen molar-refractivity contribution in [2.45, 2.75) is 32.6 Å². The topological polar surface area (TPSA) is 25.8 Å². The van der Waals surface area contributed by atoms with Gasteiger partial charge in [0.15, 0.2) is 0 Å². The Morgan fingerprint density at radius 3 is 2.53 bits per heavy atom. The molecule has 0 atom stereocenters. The lowest BCUT2D eigenvalue weighted by Gasteiger charge is -2.10. The second kappa shape index (κ2) is 4.57. The standard InChI is InChI=1S/C15H14ClFN2/c1-8-5-11(7-12(17)6-8)13-9(2)14(16)19-15(18-13)10-3-4-10/h5-7,10H,3-4H2,1-2H3. The molecule has 1 saturated carbocycles. The lowest BCUT2D eigenvalue weighted by molar-refractivity contribution is 0.627. The lowest BCUT2D eigenvalue weighted by atomic mass is 10.0. The SMILES string of the molecule is Cc1cc(F)cc(-c2nc(C3CC3)nc(Cl)c2C)c1. The van der Waals surface area contributed by atoms with Crippen LogP contribution in [0.15, 0.2) is 18.2 Å². The third-order valence-electron chi connectivity index (χ3n) is 3.36. The van der Waals surface area contributed by atoms with E-state index in [-0.39, 0.29) is 5.82 Å². The molecule has 0 radical (unpaired) electrons. The van der Waals surface area contributed by atoms with E-state index in [1.54, 1.807) is 0 Å². The second-order valence-corrected chi connectivity index (χ2v) is 5.50. The lowest BCUT2D eigenvalue weighted by Crippen LogP contribution is -2.00. The monoisotopic (exact) mass is 276 g/mol. The normalized spacial score (nSPS) is 14.7. The predicted molar refractivity (Wildman–Crippen MR) is 73.9 cm³/mol. The van der Waals surface area contributed by atoms with Gasteiger partial charge in [0.25, 0.3) is 0 Å². The van der Waals surface area contributed by atoms with Crippen molar-refractivity contribution >= 4 is 11.6 Å². The molecule has 2 nitrogen and oxygen atoms in total. The van der Waals surface area contributed by atoms with Gasteiger partial charge in [-0.15, -0.1) is 0 Å². The van der Waals surface area contributed by atoms with Gasteiger partial charge < -0.3 is 0 Å². The Hall–Kier alpha value is -1.48. The third-order valence-corrected chi connectivity index (χ3v) is 3.73. The minimum atomic E-state index is -0.253. The molecular weight excluding hydrogens is 263 g/mol. The first-order valence-electron chi connectivity index (χ1n) is 6.36. The van der Waals surface area contributed by atoms with Crippen LogP contribution < -0.4 is 0 Å². The van der Waals surface area contributed by atoms with Crippen LogP contribution in [0.2, 0.25) is 5.15 Å². The first kappa shape index (κ1) is 12.5. The van der Waals surface area contributed by atoms with Crippen LogP contribution in [-0.2, 0) is 0 Å². The number of hydrogen-bond acceptors (Lipinski definition) is 2. The highest BCUT2D eigenvalue weighted by molar-refractivity contribution is 6.30. The van der Waals surface area contributed by atoms with Gasteiger partial charge in [0.05, 0.1) is 5.69 Å². The van der Waals surface area contributed by atoms with Gasteiger partial charge in [0.1, 0.15) is 16.8 Å². The number of nitrogens with zero attached hydrogens (tertiary/aromatic N) is 2. The number of benzene rings is 1. The minimum Gasteiger partial charge on any atom is -0.232 e. The number of aromatic nitrogens is 2. The van der Waals surface area contributed by atoms with Crippen LogP contribution in [-0.4, -0.2) is 9.97 Å². The molecule has 1 aromatic heterocycles. The highest BCUT2D eigenvalue weighted by Gasteiger charge is 2.28. The molecule has 0 aliphatic heterocycles. The molecule has 1 aliphatic carbocycles. The average molecular weight is 277 g/mol. The highest BCUT2D eigenvalue weighted by atomic mass is 35.5. The van der Waals surface area contributed by atoms with Crippen molar-refractivity contribution in [2.75, 3.05) is 0 Å².